The van der Waals surface area contributed by atoms with E-state index in [4.69, 9.17) is 0 Å². The topological polar surface area (TPSA) is 38.1 Å². The number of nitrogens with one attached hydrogen (secondary N) is 1. The first-order valence-corrected chi connectivity index (χ1v) is 6.92. The lowest BCUT2D eigenvalue weighted by atomic mass is 9.80. The zero-order valence-electron chi connectivity index (χ0n) is 12.3. The minimum atomic E-state index is -0.000392. The molecule has 0 aliphatic carbocycles. The SMILES string of the molecule is CC1(C)CC(/[N+]([O-])=C/c2ccccc2)CC(C)(C)N1. The van der Waals surface area contributed by atoms with E-state index in [1.54, 1.807) is 6.21 Å². The van der Waals surface area contributed by atoms with Crippen LogP contribution in [0.3, 0.4) is 0 Å². The summed E-state index contributed by atoms with van der Waals surface area (Å²) in [6.45, 7) is 8.66. The van der Waals surface area contributed by atoms with E-state index in [2.05, 4.69) is 33.0 Å². The maximum atomic E-state index is 12.4. The van der Waals surface area contributed by atoms with Crippen molar-refractivity contribution in [1.29, 1.82) is 0 Å². The van der Waals surface area contributed by atoms with Crippen molar-refractivity contribution < 1.29 is 4.74 Å². The second-order valence-corrected chi connectivity index (χ2v) is 6.85. The molecule has 19 heavy (non-hydrogen) atoms. The Kier molecular flexibility index (Phi) is 3.68. The molecule has 0 atom stereocenters. The lowest BCUT2D eigenvalue weighted by molar-refractivity contribution is -0.505. The molecule has 3 nitrogen and oxygen atoms in total. The number of benzene rings is 1. The normalized spacial score (nSPS) is 23.3. The molecule has 1 aliphatic heterocycles. The fourth-order valence-electron chi connectivity index (χ4n) is 3.24. The highest BCUT2D eigenvalue weighted by Crippen LogP contribution is 2.29. The third kappa shape index (κ3) is 3.80. The van der Waals surface area contributed by atoms with Gasteiger partial charge in [-0.3, -0.25) is 0 Å². The zero-order valence-corrected chi connectivity index (χ0v) is 12.3. The van der Waals surface area contributed by atoms with Gasteiger partial charge in [-0.1, -0.05) is 18.2 Å². The van der Waals surface area contributed by atoms with E-state index < -0.39 is 0 Å². The van der Waals surface area contributed by atoms with Crippen molar-refractivity contribution in [3.8, 4) is 0 Å². The van der Waals surface area contributed by atoms with E-state index in [0.717, 1.165) is 23.1 Å². The molecular weight excluding hydrogens is 236 g/mol. The van der Waals surface area contributed by atoms with Gasteiger partial charge in [0, 0.05) is 29.5 Å². The van der Waals surface area contributed by atoms with Crippen LogP contribution >= 0.6 is 0 Å². The Balaban J connectivity index is 2.19. The smallest absolute Gasteiger partial charge is 0.182 e. The molecule has 2 rings (SSSR count). The van der Waals surface area contributed by atoms with Crippen LogP contribution in [-0.4, -0.2) is 28.1 Å². The fourth-order valence-corrected chi connectivity index (χ4v) is 3.24. The van der Waals surface area contributed by atoms with Gasteiger partial charge in [0.05, 0.1) is 0 Å². The number of rotatable bonds is 2. The molecule has 1 aromatic rings. The van der Waals surface area contributed by atoms with Gasteiger partial charge in [0.1, 0.15) is 0 Å². The second kappa shape index (κ2) is 4.97. The molecule has 1 aliphatic rings. The quantitative estimate of drug-likeness (QED) is 0.384. The summed E-state index contributed by atoms with van der Waals surface area (Å²) in [6, 6.07) is 9.83. The molecular formula is C16H24N2O. The maximum Gasteiger partial charge on any atom is 0.182 e. The first-order chi connectivity index (χ1) is 8.77. The summed E-state index contributed by atoms with van der Waals surface area (Å²) in [5.41, 5.74) is 0.964. The van der Waals surface area contributed by atoms with Crippen LogP contribution in [0.25, 0.3) is 0 Å². The molecule has 1 saturated heterocycles. The van der Waals surface area contributed by atoms with Crippen molar-refractivity contribution in [2.24, 2.45) is 0 Å². The van der Waals surface area contributed by atoms with E-state index >= 15 is 0 Å². The Morgan fingerprint density at radius 1 is 1.11 bits per heavy atom. The van der Waals surface area contributed by atoms with Gasteiger partial charge in [0.2, 0.25) is 0 Å². The summed E-state index contributed by atoms with van der Waals surface area (Å²) in [5, 5.41) is 16.0. The number of hydrogen-bond acceptors (Lipinski definition) is 2. The lowest BCUT2D eigenvalue weighted by Gasteiger charge is -2.44. The highest BCUT2D eigenvalue weighted by molar-refractivity contribution is 5.75. The van der Waals surface area contributed by atoms with Crippen LogP contribution in [0.2, 0.25) is 0 Å². The van der Waals surface area contributed by atoms with Gasteiger partial charge in [0.15, 0.2) is 12.3 Å². The van der Waals surface area contributed by atoms with Crippen LogP contribution in [0.4, 0.5) is 0 Å². The number of hydroxylamine groups is 1. The second-order valence-electron chi connectivity index (χ2n) is 6.85. The van der Waals surface area contributed by atoms with E-state index in [9.17, 15) is 5.21 Å². The van der Waals surface area contributed by atoms with Crippen molar-refractivity contribution >= 4 is 6.21 Å². The highest BCUT2D eigenvalue weighted by Gasteiger charge is 2.41. The summed E-state index contributed by atoms with van der Waals surface area (Å²) in [6.07, 6.45) is 3.44. The van der Waals surface area contributed by atoms with Gasteiger partial charge < -0.3 is 10.5 Å². The number of nitrogens with zero attached hydrogens (tertiary/aromatic N) is 1. The van der Waals surface area contributed by atoms with Gasteiger partial charge in [0.25, 0.3) is 0 Å². The minimum absolute atomic E-state index is 0.000392. The van der Waals surface area contributed by atoms with Crippen molar-refractivity contribution in [3.63, 3.8) is 0 Å². The monoisotopic (exact) mass is 260 g/mol. The summed E-state index contributed by atoms with van der Waals surface area (Å²) in [4.78, 5) is 0. The first kappa shape index (κ1) is 14.1. The van der Waals surface area contributed by atoms with Crippen LogP contribution in [0.1, 0.15) is 46.1 Å². The maximum absolute atomic E-state index is 12.4. The Hall–Kier alpha value is -1.35. The summed E-state index contributed by atoms with van der Waals surface area (Å²) in [7, 11) is 0. The van der Waals surface area contributed by atoms with Crippen LogP contribution in [0.5, 0.6) is 0 Å². The van der Waals surface area contributed by atoms with Crippen LogP contribution in [-0.2, 0) is 0 Å². The van der Waals surface area contributed by atoms with Gasteiger partial charge >= 0.3 is 0 Å². The molecule has 1 heterocycles. The molecule has 1 aromatic carbocycles. The molecule has 0 amide bonds. The number of hydrogen-bond donors (Lipinski definition) is 1. The standard InChI is InChI=1S/C16H24N2O/c1-15(2)10-14(11-16(3,4)17-15)18(19)12-13-8-6-5-7-9-13/h5-9,12,14,17H,10-11H2,1-4H3/b18-12-. The molecule has 0 saturated carbocycles. The molecule has 1 fully saturated rings. The molecule has 0 spiro atoms. The van der Waals surface area contributed by atoms with E-state index in [0.29, 0.717) is 0 Å². The van der Waals surface area contributed by atoms with E-state index in [1.165, 1.54) is 0 Å². The van der Waals surface area contributed by atoms with Gasteiger partial charge in [-0.05, 0) is 39.8 Å². The summed E-state index contributed by atoms with van der Waals surface area (Å²) < 4.78 is 1.14. The van der Waals surface area contributed by atoms with Crippen molar-refractivity contribution in [2.45, 2.75) is 57.7 Å². The Morgan fingerprint density at radius 3 is 2.16 bits per heavy atom. The molecule has 0 bridgehead atoms. The van der Waals surface area contributed by atoms with Crippen molar-refractivity contribution in [3.05, 3.63) is 41.1 Å². The summed E-state index contributed by atoms with van der Waals surface area (Å²) >= 11 is 0. The van der Waals surface area contributed by atoms with Crippen LogP contribution < -0.4 is 5.32 Å². The van der Waals surface area contributed by atoms with Crippen LogP contribution in [0.15, 0.2) is 30.3 Å². The molecule has 104 valence electrons. The molecule has 1 N–H and O–H groups in total. The largest absolute Gasteiger partial charge is 0.624 e. The van der Waals surface area contributed by atoms with Crippen LogP contribution in [0, 0.1) is 5.21 Å². The summed E-state index contributed by atoms with van der Waals surface area (Å²) in [5.74, 6) is 0. The van der Waals surface area contributed by atoms with E-state index in [1.807, 2.05) is 30.3 Å². The Labute approximate surface area is 115 Å². The first-order valence-electron chi connectivity index (χ1n) is 6.92. The fraction of sp³-hybridized carbons (Fsp3) is 0.562. The third-order valence-electron chi connectivity index (χ3n) is 3.60. The Bertz CT molecular complexity index is 447. The van der Waals surface area contributed by atoms with Crippen molar-refractivity contribution in [1.82, 2.24) is 5.32 Å². The molecule has 0 radical (unpaired) electrons. The molecule has 3 heteroatoms. The highest BCUT2D eigenvalue weighted by atomic mass is 16.5. The van der Waals surface area contributed by atoms with E-state index in [-0.39, 0.29) is 17.1 Å². The number of piperidine rings is 1. The third-order valence-corrected chi connectivity index (χ3v) is 3.60. The van der Waals surface area contributed by atoms with Crippen molar-refractivity contribution in [2.75, 3.05) is 0 Å². The van der Waals surface area contributed by atoms with Gasteiger partial charge in [-0.25, -0.2) is 4.74 Å². The average molecular weight is 260 g/mol. The van der Waals surface area contributed by atoms with Gasteiger partial charge in [-0.15, -0.1) is 0 Å². The predicted molar refractivity (Wildman–Crippen MR) is 79.6 cm³/mol. The predicted octanol–water partition coefficient (Wildman–Crippen LogP) is 2.93. The minimum Gasteiger partial charge on any atom is -0.624 e. The molecule has 0 unspecified atom stereocenters. The molecule has 0 aromatic heterocycles. The zero-order chi connectivity index (χ0) is 14.1. The Morgan fingerprint density at radius 2 is 1.63 bits per heavy atom. The van der Waals surface area contributed by atoms with Gasteiger partial charge in [-0.2, -0.15) is 0 Å². The lowest BCUT2D eigenvalue weighted by Crippen LogP contribution is -2.60. The average Bonchev–Trinajstić information content (AvgIpc) is 2.26.